The number of rotatable bonds is 3. The quantitative estimate of drug-likeness (QED) is 0.604. The maximum Gasteiger partial charge on any atom is 0.231 e. The molecule has 4 aromatic rings. The van der Waals surface area contributed by atoms with Crippen LogP contribution in [-0.4, -0.2) is 14.7 Å². The minimum absolute atomic E-state index is 0.156. The monoisotopic (exact) mass is 304 g/mol. The van der Waals surface area contributed by atoms with Crippen LogP contribution >= 0.6 is 0 Å². The Morgan fingerprint density at radius 3 is 2.70 bits per heavy atom. The molecule has 4 rings (SSSR count). The van der Waals surface area contributed by atoms with Gasteiger partial charge in [-0.25, -0.2) is 4.98 Å². The predicted molar refractivity (Wildman–Crippen MR) is 89.8 cm³/mol. The van der Waals surface area contributed by atoms with Gasteiger partial charge in [0, 0.05) is 18.1 Å². The Balaban J connectivity index is 1.85. The summed E-state index contributed by atoms with van der Waals surface area (Å²) in [7, 11) is 0. The van der Waals surface area contributed by atoms with Crippen molar-refractivity contribution < 1.29 is 9.52 Å². The maximum absolute atomic E-state index is 10.2. The highest BCUT2D eigenvalue weighted by molar-refractivity contribution is 5.78. The molecule has 0 fully saturated rings. The van der Waals surface area contributed by atoms with Gasteiger partial charge in [-0.2, -0.15) is 0 Å². The summed E-state index contributed by atoms with van der Waals surface area (Å²) < 4.78 is 7.80. The van der Waals surface area contributed by atoms with Crippen molar-refractivity contribution in [2.45, 2.75) is 13.3 Å². The highest BCUT2D eigenvalue weighted by Crippen LogP contribution is 2.33. The van der Waals surface area contributed by atoms with Gasteiger partial charge in [-0.15, -0.1) is 0 Å². The number of aromatic nitrogens is 2. The van der Waals surface area contributed by atoms with Gasteiger partial charge in [0.15, 0.2) is 5.58 Å². The first-order valence-electron chi connectivity index (χ1n) is 7.61. The van der Waals surface area contributed by atoms with E-state index in [0.717, 1.165) is 23.2 Å². The lowest BCUT2D eigenvalue weighted by molar-refractivity contribution is 0.474. The molecular weight excluding hydrogens is 288 g/mol. The van der Waals surface area contributed by atoms with Crippen molar-refractivity contribution in [3.05, 3.63) is 66.5 Å². The summed E-state index contributed by atoms with van der Waals surface area (Å²) in [6.07, 6.45) is 4.86. The molecule has 0 saturated heterocycles. The van der Waals surface area contributed by atoms with Crippen LogP contribution in [-0.2, 0) is 6.42 Å². The van der Waals surface area contributed by atoms with E-state index in [-0.39, 0.29) is 5.75 Å². The molecule has 1 N–H and O–H groups in total. The summed E-state index contributed by atoms with van der Waals surface area (Å²) in [5.41, 5.74) is 4.28. The molecule has 0 amide bonds. The number of hydrogen-bond acceptors (Lipinski definition) is 3. The number of aromatic hydroxyl groups is 1. The summed E-state index contributed by atoms with van der Waals surface area (Å²) in [5, 5.41) is 10.2. The van der Waals surface area contributed by atoms with Gasteiger partial charge >= 0.3 is 0 Å². The third kappa shape index (κ3) is 2.38. The molecular formula is C19H16N2O2. The number of oxazole rings is 1. The van der Waals surface area contributed by atoms with Crippen LogP contribution in [0.2, 0.25) is 0 Å². The van der Waals surface area contributed by atoms with E-state index in [1.807, 2.05) is 59.4 Å². The summed E-state index contributed by atoms with van der Waals surface area (Å²) in [6.45, 7) is 2.11. The molecule has 0 atom stereocenters. The van der Waals surface area contributed by atoms with E-state index in [1.165, 1.54) is 5.56 Å². The number of phenolic OH excluding ortho intramolecular Hbond substituents is 1. The van der Waals surface area contributed by atoms with E-state index >= 15 is 0 Å². The first kappa shape index (κ1) is 13.6. The zero-order chi connectivity index (χ0) is 15.8. The minimum atomic E-state index is 0.156. The topological polar surface area (TPSA) is 51.2 Å². The number of hydrogen-bond donors (Lipinski definition) is 1. The molecule has 23 heavy (non-hydrogen) atoms. The summed E-state index contributed by atoms with van der Waals surface area (Å²) in [4.78, 5) is 4.54. The zero-order valence-electron chi connectivity index (χ0n) is 12.7. The van der Waals surface area contributed by atoms with Gasteiger partial charge in [0.1, 0.15) is 11.3 Å². The smallest absolute Gasteiger partial charge is 0.231 e. The standard InChI is InChI=1S/C19H16N2O2/c1-2-13-5-8-18-16(11-13)20-19(23-18)15-12-14(6-7-17(15)22)21-9-3-4-10-21/h3-12,22H,2H2,1H3. The van der Waals surface area contributed by atoms with Crippen LogP contribution < -0.4 is 0 Å². The van der Waals surface area contributed by atoms with E-state index in [2.05, 4.69) is 11.9 Å². The second-order valence-corrected chi connectivity index (χ2v) is 5.47. The molecule has 0 aliphatic carbocycles. The molecule has 4 heteroatoms. The van der Waals surface area contributed by atoms with Crippen molar-refractivity contribution in [2.75, 3.05) is 0 Å². The number of fused-ring (bicyclic) bond motifs is 1. The Hall–Kier alpha value is -3.01. The molecule has 114 valence electrons. The molecule has 2 aromatic heterocycles. The third-order valence-electron chi connectivity index (χ3n) is 3.97. The summed E-state index contributed by atoms with van der Waals surface area (Å²) >= 11 is 0. The van der Waals surface area contributed by atoms with Crippen molar-refractivity contribution in [1.82, 2.24) is 9.55 Å². The lowest BCUT2D eigenvalue weighted by Gasteiger charge is -2.06. The van der Waals surface area contributed by atoms with Gasteiger partial charge in [-0.1, -0.05) is 13.0 Å². The fourth-order valence-corrected chi connectivity index (χ4v) is 2.67. The lowest BCUT2D eigenvalue weighted by atomic mass is 10.1. The molecule has 0 bridgehead atoms. The minimum Gasteiger partial charge on any atom is -0.507 e. The van der Waals surface area contributed by atoms with Crippen LogP contribution in [0, 0.1) is 0 Å². The summed E-state index contributed by atoms with van der Waals surface area (Å²) in [5.74, 6) is 0.586. The predicted octanol–water partition coefficient (Wildman–Crippen LogP) is 4.55. The van der Waals surface area contributed by atoms with Crippen molar-refractivity contribution in [1.29, 1.82) is 0 Å². The Kier molecular flexibility index (Phi) is 3.15. The molecule has 4 nitrogen and oxygen atoms in total. The van der Waals surface area contributed by atoms with E-state index in [9.17, 15) is 5.11 Å². The molecule has 0 aliphatic heterocycles. The first-order valence-corrected chi connectivity index (χ1v) is 7.61. The zero-order valence-corrected chi connectivity index (χ0v) is 12.7. The second-order valence-electron chi connectivity index (χ2n) is 5.47. The molecule has 0 radical (unpaired) electrons. The highest BCUT2D eigenvalue weighted by atomic mass is 16.3. The molecule has 2 aromatic carbocycles. The van der Waals surface area contributed by atoms with Crippen molar-refractivity contribution in [3.63, 3.8) is 0 Å². The Morgan fingerprint density at radius 1 is 1.09 bits per heavy atom. The van der Waals surface area contributed by atoms with Gasteiger partial charge in [0.05, 0.1) is 5.56 Å². The average Bonchev–Trinajstić information content (AvgIpc) is 3.24. The number of phenols is 1. The van der Waals surface area contributed by atoms with Crippen LogP contribution in [0.15, 0.2) is 65.3 Å². The van der Waals surface area contributed by atoms with Gasteiger partial charge in [-0.3, -0.25) is 0 Å². The van der Waals surface area contributed by atoms with Crippen LogP contribution in [0.1, 0.15) is 12.5 Å². The van der Waals surface area contributed by atoms with Crippen molar-refractivity contribution in [3.8, 4) is 22.9 Å². The maximum atomic E-state index is 10.2. The largest absolute Gasteiger partial charge is 0.507 e. The van der Waals surface area contributed by atoms with E-state index < -0.39 is 0 Å². The Morgan fingerprint density at radius 2 is 1.91 bits per heavy atom. The van der Waals surface area contributed by atoms with Gasteiger partial charge in [0.25, 0.3) is 0 Å². The van der Waals surface area contributed by atoms with E-state index in [4.69, 9.17) is 4.42 Å². The van der Waals surface area contributed by atoms with Crippen LogP contribution in [0.4, 0.5) is 0 Å². The normalized spacial score (nSPS) is 11.2. The van der Waals surface area contributed by atoms with E-state index in [0.29, 0.717) is 11.5 Å². The molecule has 0 spiro atoms. The van der Waals surface area contributed by atoms with Crippen molar-refractivity contribution in [2.24, 2.45) is 0 Å². The Bertz CT molecular complexity index is 968. The molecule has 0 saturated carbocycles. The van der Waals surface area contributed by atoms with Crippen molar-refractivity contribution >= 4 is 11.1 Å². The number of benzene rings is 2. The lowest BCUT2D eigenvalue weighted by Crippen LogP contribution is -1.90. The van der Waals surface area contributed by atoms with E-state index in [1.54, 1.807) is 6.07 Å². The van der Waals surface area contributed by atoms with Crippen LogP contribution in [0.5, 0.6) is 5.75 Å². The Labute approximate surface area is 133 Å². The molecule has 0 aliphatic rings. The third-order valence-corrected chi connectivity index (χ3v) is 3.97. The SMILES string of the molecule is CCc1ccc2oc(-c3cc(-n4cccc4)ccc3O)nc2c1. The average molecular weight is 304 g/mol. The van der Waals surface area contributed by atoms with Crippen LogP contribution in [0.25, 0.3) is 28.2 Å². The fraction of sp³-hybridized carbons (Fsp3) is 0.105. The van der Waals surface area contributed by atoms with Gasteiger partial charge < -0.3 is 14.1 Å². The fourth-order valence-electron chi connectivity index (χ4n) is 2.67. The van der Waals surface area contributed by atoms with Gasteiger partial charge in [0.2, 0.25) is 5.89 Å². The molecule has 2 heterocycles. The summed E-state index contributed by atoms with van der Waals surface area (Å²) in [6, 6.07) is 15.3. The first-order chi connectivity index (χ1) is 11.2. The highest BCUT2D eigenvalue weighted by Gasteiger charge is 2.13. The van der Waals surface area contributed by atoms with Crippen LogP contribution in [0.3, 0.4) is 0 Å². The second kappa shape index (κ2) is 5.32. The van der Waals surface area contributed by atoms with Gasteiger partial charge in [-0.05, 0) is 54.4 Å². The molecule has 0 unspecified atom stereocenters. The number of nitrogens with zero attached hydrogens (tertiary/aromatic N) is 2. The number of aryl methyl sites for hydroxylation is 1.